The third-order valence-corrected chi connectivity index (χ3v) is 3.97. The highest BCUT2D eigenvalue weighted by Gasteiger charge is 2.16. The molecule has 0 saturated heterocycles. The number of amides is 1. The minimum Gasteiger partial charge on any atom is -0.493 e. The Morgan fingerprint density at radius 1 is 1.18 bits per heavy atom. The molecule has 0 aliphatic carbocycles. The summed E-state index contributed by atoms with van der Waals surface area (Å²) in [6.45, 7) is 0. The maximum absolute atomic E-state index is 12.3. The van der Waals surface area contributed by atoms with Gasteiger partial charge in [-0.15, -0.1) is 0 Å². The van der Waals surface area contributed by atoms with Crippen LogP contribution in [0.2, 0.25) is 10.0 Å². The van der Waals surface area contributed by atoms with Gasteiger partial charge in [0.05, 0.1) is 22.8 Å². The smallest absolute Gasteiger partial charge is 0.291 e. The molecule has 4 nitrogen and oxygen atoms in total. The van der Waals surface area contributed by atoms with E-state index in [-0.39, 0.29) is 10.8 Å². The number of carbonyl (C=O) groups is 1. The van der Waals surface area contributed by atoms with Crippen molar-refractivity contribution in [2.75, 3.05) is 12.4 Å². The van der Waals surface area contributed by atoms with Gasteiger partial charge in [0.2, 0.25) is 0 Å². The van der Waals surface area contributed by atoms with E-state index in [1.165, 1.54) is 0 Å². The summed E-state index contributed by atoms with van der Waals surface area (Å²) in [7, 11) is 1.54. The summed E-state index contributed by atoms with van der Waals surface area (Å²) in [6.07, 6.45) is 0. The zero-order valence-electron chi connectivity index (χ0n) is 11.5. The van der Waals surface area contributed by atoms with Gasteiger partial charge in [0.1, 0.15) is 0 Å². The summed E-state index contributed by atoms with van der Waals surface area (Å²) in [4.78, 5) is 12.3. The molecule has 22 heavy (non-hydrogen) atoms. The standard InChI is InChI=1S/C16H11Cl2NO3/c1-21-12-7-2-4-9-8-13(22-15(9)12)16(20)19-11-6-3-5-10(17)14(11)18/h2-8H,1H3,(H,19,20). The summed E-state index contributed by atoms with van der Waals surface area (Å²) in [5.74, 6) is 0.315. The molecule has 2 aromatic carbocycles. The number of hydrogen-bond donors (Lipinski definition) is 1. The number of rotatable bonds is 3. The average Bonchev–Trinajstić information content (AvgIpc) is 2.96. The molecule has 3 rings (SSSR count). The lowest BCUT2D eigenvalue weighted by Crippen LogP contribution is -2.11. The first kappa shape index (κ1) is 14.8. The van der Waals surface area contributed by atoms with Crippen molar-refractivity contribution in [3.63, 3.8) is 0 Å². The van der Waals surface area contributed by atoms with Crippen molar-refractivity contribution in [1.29, 1.82) is 0 Å². The van der Waals surface area contributed by atoms with Crippen molar-refractivity contribution in [1.82, 2.24) is 0 Å². The number of benzene rings is 2. The van der Waals surface area contributed by atoms with E-state index in [2.05, 4.69) is 5.32 Å². The van der Waals surface area contributed by atoms with Crippen molar-refractivity contribution in [2.45, 2.75) is 0 Å². The number of nitrogens with one attached hydrogen (secondary N) is 1. The molecule has 0 atom stereocenters. The lowest BCUT2D eigenvalue weighted by Gasteiger charge is -2.06. The zero-order valence-corrected chi connectivity index (χ0v) is 13.0. The van der Waals surface area contributed by atoms with Crippen LogP contribution in [0.3, 0.4) is 0 Å². The number of anilines is 1. The van der Waals surface area contributed by atoms with Gasteiger partial charge in [0.15, 0.2) is 17.1 Å². The average molecular weight is 336 g/mol. The van der Waals surface area contributed by atoms with Gasteiger partial charge in [-0.1, -0.05) is 41.4 Å². The molecule has 0 fully saturated rings. The zero-order chi connectivity index (χ0) is 15.7. The maximum Gasteiger partial charge on any atom is 0.291 e. The highest BCUT2D eigenvalue weighted by atomic mass is 35.5. The third-order valence-electron chi connectivity index (χ3n) is 3.15. The first-order valence-electron chi connectivity index (χ1n) is 6.42. The minimum atomic E-state index is -0.414. The van der Waals surface area contributed by atoms with Gasteiger partial charge in [-0.25, -0.2) is 0 Å². The van der Waals surface area contributed by atoms with Crippen LogP contribution in [-0.2, 0) is 0 Å². The van der Waals surface area contributed by atoms with Gasteiger partial charge >= 0.3 is 0 Å². The lowest BCUT2D eigenvalue weighted by molar-refractivity contribution is 0.0998. The Morgan fingerprint density at radius 3 is 2.73 bits per heavy atom. The van der Waals surface area contributed by atoms with Crippen LogP contribution in [0.25, 0.3) is 11.0 Å². The van der Waals surface area contributed by atoms with Crippen LogP contribution in [0.15, 0.2) is 46.9 Å². The Balaban J connectivity index is 1.94. The number of carbonyl (C=O) groups excluding carboxylic acids is 1. The van der Waals surface area contributed by atoms with Crippen LogP contribution in [0.5, 0.6) is 5.75 Å². The maximum atomic E-state index is 12.3. The largest absolute Gasteiger partial charge is 0.493 e. The summed E-state index contributed by atoms with van der Waals surface area (Å²) in [6, 6.07) is 12.1. The normalized spacial score (nSPS) is 10.7. The highest BCUT2D eigenvalue weighted by molar-refractivity contribution is 6.44. The molecule has 0 spiro atoms. The molecule has 0 saturated carbocycles. The number of ether oxygens (including phenoxy) is 1. The van der Waals surface area contributed by atoms with Crippen molar-refractivity contribution in [3.05, 3.63) is 58.3 Å². The van der Waals surface area contributed by atoms with Gasteiger partial charge in [0, 0.05) is 5.39 Å². The van der Waals surface area contributed by atoms with Gasteiger partial charge < -0.3 is 14.5 Å². The second kappa shape index (κ2) is 5.91. The molecule has 6 heteroatoms. The number of para-hydroxylation sites is 1. The van der Waals surface area contributed by atoms with Crippen LogP contribution in [0.1, 0.15) is 10.6 Å². The fourth-order valence-electron chi connectivity index (χ4n) is 2.09. The molecule has 0 bridgehead atoms. The van der Waals surface area contributed by atoms with Crippen molar-refractivity contribution in [3.8, 4) is 5.75 Å². The summed E-state index contributed by atoms with van der Waals surface area (Å²) >= 11 is 12.0. The number of furan rings is 1. The van der Waals surface area contributed by atoms with Gasteiger partial charge in [0.25, 0.3) is 5.91 Å². The molecule has 1 amide bonds. The predicted octanol–water partition coefficient (Wildman–Crippen LogP) is 5.00. The molecule has 0 aliphatic rings. The van der Waals surface area contributed by atoms with Crippen LogP contribution < -0.4 is 10.1 Å². The monoisotopic (exact) mass is 335 g/mol. The minimum absolute atomic E-state index is 0.163. The van der Waals surface area contributed by atoms with E-state index < -0.39 is 5.91 Å². The van der Waals surface area contributed by atoms with Crippen LogP contribution in [0, 0.1) is 0 Å². The molecular weight excluding hydrogens is 325 g/mol. The summed E-state index contributed by atoms with van der Waals surface area (Å²) in [5.41, 5.74) is 0.943. The van der Waals surface area contributed by atoms with Gasteiger partial charge in [-0.3, -0.25) is 4.79 Å². The van der Waals surface area contributed by atoms with Crippen LogP contribution in [-0.4, -0.2) is 13.0 Å². The first-order chi connectivity index (χ1) is 10.6. The van der Waals surface area contributed by atoms with E-state index in [9.17, 15) is 4.79 Å². The first-order valence-corrected chi connectivity index (χ1v) is 7.17. The predicted molar refractivity (Wildman–Crippen MR) is 87.2 cm³/mol. The Morgan fingerprint density at radius 2 is 1.95 bits per heavy atom. The quantitative estimate of drug-likeness (QED) is 0.732. The van der Waals surface area contributed by atoms with Gasteiger partial charge in [-0.05, 0) is 24.3 Å². The molecule has 1 heterocycles. The fraction of sp³-hybridized carbons (Fsp3) is 0.0625. The molecule has 112 valence electrons. The van der Waals surface area contributed by atoms with Crippen LogP contribution in [0.4, 0.5) is 5.69 Å². The van der Waals surface area contributed by atoms with E-state index in [0.29, 0.717) is 22.0 Å². The summed E-state index contributed by atoms with van der Waals surface area (Å²) < 4.78 is 10.8. The van der Waals surface area contributed by atoms with Crippen LogP contribution >= 0.6 is 23.2 Å². The second-order valence-electron chi connectivity index (χ2n) is 4.54. The molecule has 0 unspecified atom stereocenters. The third kappa shape index (κ3) is 2.63. The lowest BCUT2D eigenvalue weighted by atomic mass is 10.2. The second-order valence-corrected chi connectivity index (χ2v) is 5.33. The summed E-state index contributed by atoms with van der Waals surface area (Å²) in [5, 5.41) is 4.11. The molecule has 0 radical (unpaired) electrons. The van der Waals surface area contributed by atoms with Crippen molar-refractivity contribution < 1.29 is 13.9 Å². The van der Waals surface area contributed by atoms with E-state index in [1.807, 2.05) is 12.1 Å². The number of methoxy groups -OCH3 is 1. The van der Waals surface area contributed by atoms with E-state index in [0.717, 1.165) is 5.39 Å². The van der Waals surface area contributed by atoms with E-state index in [1.54, 1.807) is 37.4 Å². The van der Waals surface area contributed by atoms with Crippen molar-refractivity contribution >= 4 is 45.8 Å². The Kier molecular flexibility index (Phi) is 3.96. The Hall–Kier alpha value is -2.17. The number of hydrogen-bond acceptors (Lipinski definition) is 3. The molecule has 0 aliphatic heterocycles. The Labute approximate surface area is 136 Å². The number of halogens is 2. The molecule has 1 N–H and O–H groups in total. The van der Waals surface area contributed by atoms with E-state index in [4.69, 9.17) is 32.4 Å². The van der Waals surface area contributed by atoms with Gasteiger partial charge in [-0.2, -0.15) is 0 Å². The molecular formula is C16H11Cl2NO3. The molecule has 1 aromatic heterocycles. The highest BCUT2D eigenvalue weighted by Crippen LogP contribution is 2.31. The Bertz CT molecular complexity index is 858. The fourth-order valence-corrected chi connectivity index (χ4v) is 2.44. The topological polar surface area (TPSA) is 51.5 Å². The van der Waals surface area contributed by atoms with Crippen molar-refractivity contribution in [2.24, 2.45) is 0 Å². The number of fused-ring (bicyclic) bond motifs is 1. The SMILES string of the molecule is COc1cccc2cc(C(=O)Nc3cccc(Cl)c3Cl)oc12. The molecule has 3 aromatic rings. The van der Waals surface area contributed by atoms with E-state index >= 15 is 0 Å².